The van der Waals surface area contributed by atoms with Gasteiger partial charge in [0.15, 0.2) is 5.96 Å². The van der Waals surface area contributed by atoms with Crippen molar-refractivity contribution in [2.24, 2.45) is 4.99 Å². The number of halogens is 1. The Hall–Kier alpha value is -2.13. The van der Waals surface area contributed by atoms with Gasteiger partial charge in [0.05, 0.1) is 6.61 Å². The molecular formula is C23H31IN4O2. The van der Waals surface area contributed by atoms with Gasteiger partial charge in [-0.15, -0.1) is 24.0 Å². The number of nitrogens with zero attached hydrogens (tertiary/aromatic N) is 2. The first kappa shape index (κ1) is 24.1. The number of hydrogen-bond donors (Lipinski definition) is 3. The standard InChI is InChI=1S/C23H30N4O2.HI/c1-24-23(26-16-20(17-28)19-7-3-2-4-8-19)25-15-18-10-12-21(13-11-18)27-14-6-5-9-22(27)29;/h2-4,7-8,10-13,20,28H,5-6,9,14-17H2,1H3,(H2,24,25,26);1H. The molecule has 1 heterocycles. The average Bonchev–Trinajstić information content (AvgIpc) is 2.78. The van der Waals surface area contributed by atoms with Crippen molar-refractivity contribution in [3.8, 4) is 0 Å². The summed E-state index contributed by atoms with van der Waals surface area (Å²) in [5.74, 6) is 0.911. The second-order valence-corrected chi connectivity index (χ2v) is 7.27. The van der Waals surface area contributed by atoms with Crippen molar-refractivity contribution < 1.29 is 9.90 Å². The van der Waals surface area contributed by atoms with Crippen LogP contribution in [-0.2, 0) is 11.3 Å². The number of nitrogens with one attached hydrogen (secondary N) is 2. The summed E-state index contributed by atoms with van der Waals surface area (Å²) in [6, 6.07) is 18.1. The molecule has 0 bridgehead atoms. The molecule has 3 rings (SSSR count). The number of amides is 1. The minimum Gasteiger partial charge on any atom is -0.396 e. The smallest absolute Gasteiger partial charge is 0.226 e. The molecule has 1 unspecified atom stereocenters. The Kier molecular flexibility index (Phi) is 10.1. The minimum absolute atomic E-state index is 0. The molecule has 1 aliphatic rings. The topological polar surface area (TPSA) is 77.0 Å². The summed E-state index contributed by atoms with van der Waals surface area (Å²) < 4.78 is 0. The van der Waals surface area contributed by atoms with Crippen molar-refractivity contribution in [2.75, 3.05) is 31.6 Å². The summed E-state index contributed by atoms with van der Waals surface area (Å²) in [4.78, 5) is 18.2. The molecule has 0 aromatic heterocycles. The van der Waals surface area contributed by atoms with E-state index in [0.717, 1.165) is 36.2 Å². The molecule has 3 N–H and O–H groups in total. The first-order valence-electron chi connectivity index (χ1n) is 10.2. The van der Waals surface area contributed by atoms with Gasteiger partial charge in [-0.3, -0.25) is 9.79 Å². The van der Waals surface area contributed by atoms with E-state index >= 15 is 0 Å². The zero-order valence-corrected chi connectivity index (χ0v) is 19.7. The van der Waals surface area contributed by atoms with E-state index in [2.05, 4.69) is 15.6 Å². The molecule has 0 aliphatic carbocycles. The van der Waals surface area contributed by atoms with E-state index in [1.165, 1.54) is 0 Å². The summed E-state index contributed by atoms with van der Waals surface area (Å²) >= 11 is 0. The minimum atomic E-state index is 0. The highest BCUT2D eigenvalue weighted by Gasteiger charge is 2.19. The summed E-state index contributed by atoms with van der Waals surface area (Å²) in [7, 11) is 1.73. The largest absolute Gasteiger partial charge is 0.396 e. The third kappa shape index (κ3) is 6.70. The molecule has 0 radical (unpaired) electrons. The summed E-state index contributed by atoms with van der Waals surface area (Å²) in [5, 5.41) is 16.3. The van der Waals surface area contributed by atoms with E-state index < -0.39 is 0 Å². The Morgan fingerprint density at radius 1 is 1.10 bits per heavy atom. The van der Waals surface area contributed by atoms with Crippen LogP contribution in [0, 0.1) is 0 Å². The highest BCUT2D eigenvalue weighted by atomic mass is 127. The highest BCUT2D eigenvalue weighted by Crippen LogP contribution is 2.21. The van der Waals surface area contributed by atoms with Crippen molar-refractivity contribution in [1.29, 1.82) is 0 Å². The third-order valence-electron chi connectivity index (χ3n) is 5.26. The first-order chi connectivity index (χ1) is 14.2. The van der Waals surface area contributed by atoms with Crippen LogP contribution in [0.1, 0.15) is 36.3 Å². The second kappa shape index (κ2) is 12.5. The average molecular weight is 522 g/mol. The lowest BCUT2D eigenvalue weighted by Gasteiger charge is -2.27. The van der Waals surface area contributed by atoms with Gasteiger partial charge < -0.3 is 20.6 Å². The number of benzene rings is 2. The molecule has 1 fully saturated rings. The number of aliphatic hydroxyl groups excluding tert-OH is 1. The Balaban J connectivity index is 0.00000320. The fourth-order valence-electron chi connectivity index (χ4n) is 3.51. The van der Waals surface area contributed by atoms with Gasteiger partial charge in [0.1, 0.15) is 0 Å². The van der Waals surface area contributed by atoms with Gasteiger partial charge in [-0.1, -0.05) is 42.5 Å². The Bertz CT molecular complexity index is 812. The molecule has 1 atom stereocenters. The lowest BCUT2D eigenvalue weighted by molar-refractivity contribution is -0.119. The van der Waals surface area contributed by atoms with Crippen LogP contribution in [0.4, 0.5) is 5.69 Å². The molecule has 1 aliphatic heterocycles. The number of aliphatic imine (C=N–C) groups is 1. The molecule has 7 heteroatoms. The summed E-state index contributed by atoms with van der Waals surface area (Å²) in [6.45, 7) is 2.10. The number of guanidine groups is 1. The Morgan fingerprint density at radius 3 is 2.47 bits per heavy atom. The Morgan fingerprint density at radius 2 is 1.83 bits per heavy atom. The van der Waals surface area contributed by atoms with Crippen LogP contribution < -0.4 is 15.5 Å². The van der Waals surface area contributed by atoms with Crippen LogP contribution in [-0.4, -0.2) is 43.7 Å². The fourth-order valence-corrected chi connectivity index (χ4v) is 3.51. The molecule has 0 saturated carbocycles. The van der Waals surface area contributed by atoms with Crippen LogP contribution in [0.5, 0.6) is 0 Å². The SMILES string of the molecule is CN=C(NCc1ccc(N2CCCCC2=O)cc1)NCC(CO)c1ccccc1.I. The van der Waals surface area contributed by atoms with E-state index in [-0.39, 0.29) is 42.4 Å². The zero-order chi connectivity index (χ0) is 20.5. The predicted molar refractivity (Wildman–Crippen MR) is 133 cm³/mol. The van der Waals surface area contributed by atoms with Crippen LogP contribution in [0.15, 0.2) is 59.6 Å². The van der Waals surface area contributed by atoms with E-state index in [1.807, 2.05) is 59.5 Å². The highest BCUT2D eigenvalue weighted by molar-refractivity contribution is 14.0. The van der Waals surface area contributed by atoms with Crippen molar-refractivity contribution >= 4 is 41.5 Å². The van der Waals surface area contributed by atoms with Gasteiger partial charge in [-0.05, 0) is 36.1 Å². The van der Waals surface area contributed by atoms with Crippen molar-refractivity contribution in [3.63, 3.8) is 0 Å². The normalized spacial score (nSPS) is 15.3. The van der Waals surface area contributed by atoms with Gasteiger partial charge in [0.2, 0.25) is 5.91 Å². The fraction of sp³-hybridized carbons (Fsp3) is 0.391. The van der Waals surface area contributed by atoms with E-state index in [1.54, 1.807) is 7.05 Å². The number of piperidine rings is 1. The molecule has 1 amide bonds. The molecule has 162 valence electrons. The first-order valence-corrected chi connectivity index (χ1v) is 10.2. The molecule has 2 aromatic rings. The molecular weight excluding hydrogens is 491 g/mol. The maximum absolute atomic E-state index is 12.1. The third-order valence-corrected chi connectivity index (χ3v) is 5.26. The van der Waals surface area contributed by atoms with Gasteiger partial charge in [-0.2, -0.15) is 0 Å². The van der Waals surface area contributed by atoms with Gasteiger partial charge in [0.25, 0.3) is 0 Å². The quantitative estimate of drug-likeness (QED) is 0.297. The second-order valence-electron chi connectivity index (χ2n) is 7.27. The summed E-state index contributed by atoms with van der Waals surface area (Å²) in [6.07, 6.45) is 2.70. The van der Waals surface area contributed by atoms with E-state index in [4.69, 9.17) is 0 Å². The van der Waals surface area contributed by atoms with Crippen molar-refractivity contribution in [2.45, 2.75) is 31.7 Å². The van der Waals surface area contributed by atoms with Crippen LogP contribution in [0.2, 0.25) is 0 Å². The maximum Gasteiger partial charge on any atom is 0.226 e. The molecule has 6 nitrogen and oxygen atoms in total. The molecule has 30 heavy (non-hydrogen) atoms. The lowest BCUT2D eigenvalue weighted by atomic mass is 10.0. The molecule has 1 saturated heterocycles. The van der Waals surface area contributed by atoms with E-state index in [9.17, 15) is 9.90 Å². The zero-order valence-electron chi connectivity index (χ0n) is 17.4. The molecule has 0 spiro atoms. The van der Waals surface area contributed by atoms with E-state index in [0.29, 0.717) is 25.5 Å². The Labute approximate surface area is 195 Å². The monoisotopic (exact) mass is 522 g/mol. The summed E-state index contributed by atoms with van der Waals surface area (Å²) in [5.41, 5.74) is 3.18. The van der Waals surface area contributed by atoms with Gasteiger partial charge >= 0.3 is 0 Å². The number of aliphatic hydroxyl groups is 1. The van der Waals surface area contributed by atoms with Crippen LogP contribution in [0.3, 0.4) is 0 Å². The predicted octanol–water partition coefficient (Wildman–Crippen LogP) is 3.26. The number of hydrogen-bond acceptors (Lipinski definition) is 3. The number of carbonyl (C=O) groups excluding carboxylic acids is 1. The lowest BCUT2D eigenvalue weighted by Crippen LogP contribution is -2.39. The van der Waals surface area contributed by atoms with Crippen molar-refractivity contribution in [3.05, 3.63) is 65.7 Å². The number of anilines is 1. The van der Waals surface area contributed by atoms with Gasteiger partial charge in [-0.25, -0.2) is 0 Å². The number of rotatable bonds is 7. The maximum atomic E-state index is 12.1. The molecule has 2 aromatic carbocycles. The van der Waals surface area contributed by atoms with Crippen molar-refractivity contribution in [1.82, 2.24) is 10.6 Å². The number of carbonyl (C=O) groups is 1. The van der Waals surface area contributed by atoms with Crippen LogP contribution in [0.25, 0.3) is 0 Å². The van der Waals surface area contributed by atoms with Gasteiger partial charge in [0, 0.05) is 44.7 Å². The van der Waals surface area contributed by atoms with Crippen LogP contribution >= 0.6 is 24.0 Å².